The number of sulfone groups is 2. The zero-order valence-electron chi connectivity index (χ0n) is 16.7. The second-order valence-electron chi connectivity index (χ2n) is 7.57. The molecule has 31 heavy (non-hydrogen) atoms. The molecule has 0 radical (unpaired) electrons. The fourth-order valence-electron chi connectivity index (χ4n) is 3.65. The zero-order chi connectivity index (χ0) is 23.0. The van der Waals surface area contributed by atoms with Gasteiger partial charge in [0.15, 0.2) is 19.7 Å². The third kappa shape index (κ3) is 5.50. The Hall–Kier alpha value is -1.86. The Labute approximate surface area is 181 Å². The van der Waals surface area contributed by atoms with Gasteiger partial charge in [-0.25, -0.2) is 34.8 Å². The minimum atomic E-state index is -4.01. The number of aryl methyl sites for hydroxylation is 1. The molecule has 1 saturated heterocycles. The highest BCUT2D eigenvalue weighted by Gasteiger charge is 2.45. The molecule has 0 aliphatic carbocycles. The average molecular weight is 491 g/mol. The zero-order valence-corrected chi connectivity index (χ0v) is 19.1. The number of nitrogens with one attached hydrogen (secondary N) is 1. The fourth-order valence-corrected chi connectivity index (χ4v) is 9.11. The number of hydrogen-bond acceptors (Lipinski definition) is 7. The van der Waals surface area contributed by atoms with E-state index < -0.39 is 52.6 Å². The van der Waals surface area contributed by atoms with Gasteiger partial charge >= 0.3 is 0 Å². The van der Waals surface area contributed by atoms with Crippen LogP contribution in [0.2, 0.25) is 0 Å². The number of hydrogen-bond donors (Lipinski definition) is 2. The summed E-state index contributed by atoms with van der Waals surface area (Å²) in [6, 6.07) is 8.40. The minimum Gasteiger partial charge on any atom is -0.311 e. The van der Waals surface area contributed by atoms with Crippen LogP contribution in [0, 0.1) is 12.7 Å². The lowest BCUT2D eigenvalue weighted by Crippen LogP contribution is -2.44. The highest BCUT2D eigenvalue weighted by atomic mass is 32.2. The topological polar surface area (TPSA) is 140 Å². The van der Waals surface area contributed by atoms with Crippen molar-refractivity contribution < 1.29 is 29.6 Å². The third-order valence-electron chi connectivity index (χ3n) is 5.21. The molecule has 12 heteroatoms. The first-order valence-electron chi connectivity index (χ1n) is 9.35. The van der Waals surface area contributed by atoms with E-state index >= 15 is 0 Å². The van der Waals surface area contributed by atoms with E-state index in [1.807, 2.05) is 0 Å². The molecule has 8 nitrogen and oxygen atoms in total. The largest absolute Gasteiger partial charge is 0.311 e. The molecule has 0 bridgehead atoms. The van der Waals surface area contributed by atoms with Gasteiger partial charge in [0.1, 0.15) is 5.82 Å². The van der Waals surface area contributed by atoms with Crippen molar-refractivity contribution in [3.8, 4) is 0 Å². The van der Waals surface area contributed by atoms with Crippen molar-refractivity contribution in [3.05, 3.63) is 59.4 Å². The van der Waals surface area contributed by atoms with E-state index in [0.29, 0.717) is 6.42 Å². The van der Waals surface area contributed by atoms with Crippen molar-refractivity contribution in [2.75, 3.05) is 18.1 Å². The first-order valence-corrected chi connectivity index (χ1v) is 14.3. The lowest BCUT2D eigenvalue weighted by molar-refractivity contribution is 0.528. The molecule has 1 heterocycles. The van der Waals surface area contributed by atoms with E-state index in [0.717, 1.165) is 23.8 Å². The molecule has 1 fully saturated rings. The van der Waals surface area contributed by atoms with E-state index in [1.54, 1.807) is 12.1 Å². The van der Waals surface area contributed by atoms with Gasteiger partial charge in [-0.3, -0.25) is 0 Å². The Morgan fingerprint density at radius 3 is 2.29 bits per heavy atom. The second kappa shape index (κ2) is 8.58. The van der Waals surface area contributed by atoms with Crippen LogP contribution >= 0.6 is 0 Å². The third-order valence-corrected chi connectivity index (χ3v) is 10.5. The van der Waals surface area contributed by atoms with Gasteiger partial charge in [-0.05, 0) is 61.3 Å². The molecular weight excluding hydrogens is 467 g/mol. The summed E-state index contributed by atoms with van der Waals surface area (Å²) < 4.78 is 86.7. The number of halogens is 1. The van der Waals surface area contributed by atoms with Gasteiger partial charge in [-0.15, -0.1) is 0 Å². The van der Waals surface area contributed by atoms with E-state index in [9.17, 15) is 29.6 Å². The first kappa shape index (κ1) is 23.8. The molecule has 0 aromatic heterocycles. The summed E-state index contributed by atoms with van der Waals surface area (Å²) in [7, 11) is -11.4. The van der Waals surface area contributed by atoms with Gasteiger partial charge in [0.2, 0.25) is 10.0 Å². The maximum atomic E-state index is 13.4. The number of primary sulfonamides is 1. The van der Waals surface area contributed by atoms with Gasteiger partial charge in [0.05, 0.1) is 26.5 Å². The van der Waals surface area contributed by atoms with Crippen LogP contribution < -0.4 is 10.5 Å². The Bertz CT molecular complexity index is 1290. The van der Waals surface area contributed by atoms with Crippen LogP contribution in [0.15, 0.2) is 52.3 Å². The number of sulfonamides is 1. The summed E-state index contributed by atoms with van der Waals surface area (Å²) in [6.07, 6.45) is 0.420. The van der Waals surface area contributed by atoms with Crippen LogP contribution in [0.4, 0.5) is 4.39 Å². The van der Waals surface area contributed by atoms with Crippen LogP contribution in [0.5, 0.6) is 0 Å². The van der Waals surface area contributed by atoms with E-state index in [2.05, 4.69) is 5.32 Å². The van der Waals surface area contributed by atoms with Gasteiger partial charge in [0, 0.05) is 6.04 Å². The Balaban J connectivity index is 1.75. The summed E-state index contributed by atoms with van der Waals surface area (Å²) in [5, 5.41) is 6.89. The SMILES string of the molecule is Cc1cc(F)ccc1S(=O)(=O)[C@H]1CS(=O)(=O)C[C@@H]1NCCc1ccc(S(N)(=O)=O)cc1. The molecule has 0 spiro atoms. The van der Waals surface area contributed by atoms with Crippen molar-refractivity contribution in [3.63, 3.8) is 0 Å². The van der Waals surface area contributed by atoms with Gasteiger partial charge in [-0.1, -0.05) is 12.1 Å². The van der Waals surface area contributed by atoms with Crippen molar-refractivity contribution in [1.82, 2.24) is 5.32 Å². The summed E-state index contributed by atoms with van der Waals surface area (Å²) in [4.78, 5) is -0.103. The molecule has 2 aromatic rings. The molecule has 1 aliphatic heterocycles. The van der Waals surface area contributed by atoms with Crippen LogP contribution in [0.3, 0.4) is 0 Å². The van der Waals surface area contributed by atoms with Gasteiger partial charge in [0.25, 0.3) is 0 Å². The lowest BCUT2D eigenvalue weighted by Gasteiger charge is -2.21. The maximum absolute atomic E-state index is 13.4. The van der Waals surface area contributed by atoms with Crippen molar-refractivity contribution in [2.24, 2.45) is 5.14 Å². The highest BCUT2D eigenvalue weighted by Crippen LogP contribution is 2.28. The molecular formula is C19H23FN2O6S3. The summed E-state index contributed by atoms with van der Waals surface area (Å²) in [6.45, 7) is 1.75. The minimum absolute atomic E-state index is 0.0214. The number of benzene rings is 2. The lowest BCUT2D eigenvalue weighted by atomic mass is 10.1. The molecule has 1 aliphatic rings. The van der Waals surface area contributed by atoms with E-state index in [-0.39, 0.29) is 27.7 Å². The summed E-state index contributed by atoms with van der Waals surface area (Å²) in [5.74, 6) is -1.40. The molecule has 2 aromatic carbocycles. The Kier molecular flexibility index (Phi) is 6.59. The second-order valence-corrected chi connectivity index (χ2v) is 13.4. The predicted molar refractivity (Wildman–Crippen MR) is 114 cm³/mol. The van der Waals surface area contributed by atoms with E-state index in [4.69, 9.17) is 5.14 Å². The summed E-state index contributed by atoms with van der Waals surface area (Å²) in [5.41, 5.74) is 0.993. The number of rotatable bonds is 7. The van der Waals surface area contributed by atoms with Crippen molar-refractivity contribution in [2.45, 2.75) is 34.4 Å². The average Bonchev–Trinajstić information content (AvgIpc) is 2.96. The Morgan fingerprint density at radius 2 is 1.71 bits per heavy atom. The molecule has 170 valence electrons. The normalized spacial score (nSPS) is 21.3. The van der Waals surface area contributed by atoms with Crippen LogP contribution in [0.25, 0.3) is 0 Å². The fraction of sp³-hybridized carbons (Fsp3) is 0.368. The molecule has 2 atom stereocenters. The van der Waals surface area contributed by atoms with Crippen LogP contribution in [-0.4, -0.2) is 54.6 Å². The molecule has 0 unspecified atom stereocenters. The standard InChI is InChI=1S/C19H23FN2O6S3/c1-13-10-15(20)4-7-18(13)30(25,26)19-12-29(23,24)11-17(19)22-9-8-14-2-5-16(6-3-14)31(21,27)28/h2-7,10,17,19,22H,8-9,11-12H2,1H3,(H2,21,27,28)/t17-,19-/m0/s1. The number of nitrogens with two attached hydrogens (primary N) is 1. The molecule has 0 amide bonds. The van der Waals surface area contributed by atoms with E-state index in [1.165, 1.54) is 19.1 Å². The molecule has 0 saturated carbocycles. The molecule has 3 N–H and O–H groups in total. The van der Waals surface area contributed by atoms with Gasteiger partial charge in [-0.2, -0.15) is 0 Å². The van der Waals surface area contributed by atoms with Gasteiger partial charge < -0.3 is 5.32 Å². The quantitative estimate of drug-likeness (QED) is 0.540. The van der Waals surface area contributed by atoms with Crippen LogP contribution in [-0.2, 0) is 36.1 Å². The van der Waals surface area contributed by atoms with Crippen molar-refractivity contribution in [1.29, 1.82) is 0 Å². The van der Waals surface area contributed by atoms with Crippen LogP contribution in [0.1, 0.15) is 11.1 Å². The maximum Gasteiger partial charge on any atom is 0.238 e. The van der Waals surface area contributed by atoms with Crippen molar-refractivity contribution >= 4 is 29.7 Å². The molecule has 3 rings (SSSR count). The first-order chi connectivity index (χ1) is 14.3. The smallest absolute Gasteiger partial charge is 0.238 e. The monoisotopic (exact) mass is 490 g/mol. The predicted octanol–water partition coefficient (Wildman–Crippen LogP) is 0.553. The summed E-state index contributed by atoms with van der Waals surface area (Å²) >= 11 is 0. The highest BCUT2D eigenvalue weighted by molar-refractivity contribution is 7.96. The Morgan fingerprint density at radius 1 is 1.06 bits per heavy atom.